The number of rotatable bonds is 7. The highest BCUT2D eigenvalue weighted by molar-refractivity contribution is 7.92. The van der Waals surface area contributed by atoms with Crippen molar-refractivity contribution in [1.82, 2.24) is 5.43 Å². The lowest BCUT2D eigenvalue weighted by Crippen LogP contribution is -2.39. The number of thiophene rings is 1. The van der Waals surface area contributed by atoms with Crippen molar-refractivity contribution in [2.24, 2.45) is 5.10 Å². The first-order chi connectivity index (χ1) is 15.1. The van der Waals surface area contributed by atoms with Crippen LogP contribution >= 0.6 is 22.9 Å². The van der Waals surface area contributed by atoms with Gasteiger partial charge in [0.15, 0.2) is 0 Å². The van der Waals surface area contributed by atoms with Gasteiger partial charge in [-0.05, 0) is 41.8 Å². The average Bonchev–Trinajstić information content (AvgIpc) is 3.26. The molecule has 0 radical (unpaired) electrons. The third kappa shape index (κ3) is 5.67. The maximum Gasteiger partial charge on any atom is 0.416 e. The number of hydrogen-bond donors (Lipinski definition) is 1. The summed E-state index contributed by atoms with van der Waals surface area (Å²) >= 11 is 7.42. The van der Waals surface area contributed by atoms with Crippen LogP contribution in [0.3, 0.4) is 0 Å². The molecule has 0 aliphatic heterocycles. The van der Waals surface area contributed by atoms with E-state index < -0.39 is 39.9 Å². The number of benzene rings is 2. The topological polar surface area (TPSA) is 78.8 Å². The van der Waals surface area contributed by atoms with Crippen LogP contribution in [-0.4, -0.2) is 27.1 Å². The molecule has 0 unspecified atom stereocenters. The van der Waals surface area contributed by atoms with Crippen LogP contribution in [0.25, 0.3) is 0 Å². The third-order valence-corrected chi connectivity index (χ3v) is 6.99. The van der Waals surface area contributed by atoms with E-state index in [0.717, 1.165) is 17.0 Å². The number of carbonyl (C=O) groups excluding carboxylic acids is 1. The van der Waals surface area contributed by atoms with E-state index in [9.17, 15) is 26.4 Å². The van der Waals surface area contributed by atoms with Gasteiger partial charge in [-0.1, -0.05) is 35.9 Å². The van der Waals surface area contributed by atoms with Crippen molar-refractivity contribution in [1.29, 1.82) is 0 Å². The van der Waals surface area contributed by atoms with Crippen LogP contribution in [0.4, 0.5) is 18.9 Å². The van der Waals surface area contributed by atoms with Crippen LogP contribution < -0.4 is 9.73 Å². The Kier molecular flexibility index (Phi) is 7.22. The molecule has 0 atom stereocenters. The summed E-state index contributed by atoms with van der Waals surface area (Å²) in [6.07, 6.45) is -3.38. The number of amides is 1. The smallest absolute Gasteiger partial charge is 0.271 e. The highest BCUT2D eigenvalue weighted by Gasteiger charge is 2.34. The predicted molar refractivity (Wildman–Crippen MR) is 117 cm³/mol. The molecule has 1 aromatic heterocycles. The molecule has 0 saturated heterocycles. The standard InChI is InChI=1S/C20H15ClF3N3O3S2/c21-17-9-8-14(20(22,23)24)11-18(17)27(32(29,30)16-6-2-1-3-7-16)13-19(28)26-25-12-15-5-4-10-31-15/h1-12H,13H2,(H,26,28)/b25-12+. The molecule has 0 saturated carbocycles. The number of sulfonamides is 1. The lowest BCUT2D eigenvalue weighted by Gasteiger charge is -2.25. The molecule has 1 amide bonds. The monoisotopic (exact) mass is 501 g/mol. The van der Waals surface area contributed by atoms with E-state index in [1.165, 1.54) is 41.8 Å². The lowest BCUT2D eigenvalue weighted by atomic mass is 10.2. The molecule has 12 heteroatoms. The summed E-state index contributed by atoms with van der Waals surface area (Å²) in [4.78, 5) is 13.0. The van der Waals surface area contributed by atoms with Crippen LogP contribution in [0.5, 0.6) is 0 Å². The second kappa shape index (κ2) is 9.72. The van der Waals surface area contributed by atoms with Crippen LogP contribution in [0.2, 0.25) is 5.02 Å². The first-order valence-corrected chi connectivity index (χ1v) is 11.6. The molecule has 2 aromatic carbocycles. The second-order valence-corrected chi connectivity index (χ2v) is 9.55. The van der Waals surface area contributed by atoms with Gasteiger partial charge in [-0.15, -0.1) is 11.3 Å². The summed E-state index contributed by atoms with van der Waals surface area (Å²) in [5, 5.41) is 5.27. The maximum atomic E-state index is 13.2. The van der Waals surface area contributed by atoms with Crippen molar-refractivity contribution in [2.75, 3.05) is 10.8 Å². The number of nitrogens with one attached hydrogen (secondary N) is 1. The Labute approximate surface area is 191 Å². The Morgan fingerprint density at radius 3 is 2.47 bits per heavy atom. The van der Waals surface area contributed by atoms with Gasteiger partial charge in [0.25, 0.3) is 15.9 Å². The summed E-state index contributed by atoms with van der Waals surface area (Å²) in [7, 11) is -4.43. The molecule has 32 heavy (non-hydrogen) atoms. The van der Waals surface area contributed by atoms with Gasteiger partial charge in [0.2, 0.25) is 0 Å². The molecule has 0 spiro atoms. The number of anilines is 1. The van der Waals surface area contributed by atoms with Crippen molar-refractivity contribution < 1.29 is 26.4 Å². The van der Waals surface area contributed by atoms with Crippen molar-refractivity contribution in [3.63, 3.8) is 0 Å². The predicted octanol–water partition coefficient (Wildman–Crippen LogP) is 4.77. The zero-order chi connectivity index (χ0) is 23.4. The fourth-order valence-corrected chi connectivity index (χ4v) is 4.91. The summed E-state index contributed by atoms with van der Waals surface area (Å²) in [5.74, 6) is -0.870. The van der Waals surface area contributed by atoms with Crippen molar-refractivity contribution in [3.8, 4) is 0 Å². The zero-order valence-corrected chi connectivity index (χ0v) is 18.5. The normalized spacial score (nSPS) is 12.1. The molecular weight excluding hydrogens is 487 g/mol. The van der Waals surface area contributed by atoms with Gasteiger partial charge in [-0.2, -0.15) is 18.3 Å². The Morgan fingerprint density at radius 2 is 1.84 bits per heavy atom. The van der Waals surface area contributed by atoms with E-state index in [-0.39, 0.29) is 9.92 Å². The van der Waals surface area contributed by atoms with Gasteiger partial charge in [0.05, 0.1) is 27.4 Å². The Hall–Kier alpha value is -2.89. The largest absolute Gasteiger partial charge is 0.416 e. The molecule has 3 rings (SSSR count). The van der Waals surface area contributed by atoms with Gasteiger partial charge in [0, 0.05) is 4.88 Å². The second-order valence-electron chi connectivity index (χ2n) is 6.30. The van der Waals surface area contributed by atoms with E-state index in [0.29, 0.717) is 10.4 Å². The summed E-state index contributed by atoms with van der Waals surface area (Å²) in [6, 6.07) is 12.8. The number of halogens is 4. The van der Waals surface area contributed by atoms with Gasteiger partial charge in [0.1, 0.15) is 6.54 Å². The van der Waals surface area contributed by atoms with E-state index in [1.807, 2.05) is 0 Å². The van der Waals surface area contributed by atoms with E-state index in [4.69, 9.17) is 11.6 Å². The van der Waals surface area contributed by atoms with Crippen LogP contribution in [0.1, 0.15) is 10.4 Å². The minimum absolute atomic E-state index is 0.219. The Morgan fingerprint density at radius 1 is 1.12 bits per heavy atom. The van der Waals surface area contributed by atoms with Crippen LogP contribution in [0, 0.1) is 0 Å². The first-order valence-electron chi connectivity index (χ1n) is 8.89. The highest BCUT2D eigenvalue weighted by Crippen LogP contribution is 2.37. The molecule has 1 N–H and O–H groups in total. The van der Waals surface area contributed by atoms with E-state index in [1.54, 1.807) is 23.6 Å². The molecule has 0 aliphatic rings. The van der Waals surface area contributed by atoms with Gasteiger partial charge >= 0.3 is 6.18 Å². The quantitative estimate of drug-likeness (QED) is 0.374. The molecule has 0 bridgehead atoms. The van der Waals surface area contributed by atoms with E-state index >= 15 is 0 Å². The molecule has 6 nitrogen and oxygen atoms in total. The molecule has 1 heterocycles. The Balaban J connectivity index is 1.98. The summed E-state index contributed by atoms with van der Waals surface area (Å²) in [6.45, 7) is -0.847. The lowest BCUT2D eigenvalue weighted by molar-refractivity contribution is -0.137. The number of hydrazone groups is 1. The fraction of sp³-hybridized carbons (Fsp3) is 0.100. The molecule has 3 aromatic rings. The SMILES string of the molecule is O=C(CN(c1cc(C(F)(F)F)ccc1Cl)S(=O)(=O)c1ccccc1)N/N=C/c1cccs1. The molecule has 0 aliphatic carbocycles. The Bertz CT molecular complexity index is 1220. The fourth-order valence-electron chi connectivity index (χ4n) is 2.60. The molecule has 0 fully saturated rings. The molecular formula is C20H15ClF3N3O3S2. The van der Waals surface area contributed by atoms with Crippen molar-refractivity contribution >= 4 is 50.8 Å². The highest BCUT2D eigenvalue weighted by atomic mass is 35.5. The zero-order valence-electron chi connectivity index (χ0n) is 16.1. The van der Waals surface area contributed by atoms with Crippen LogP contribution in [-0.2, 0) is 21.0 Å². The van der Waals surface area contributed by atoms with Crippen LogP contribution in [0.15, 0.2) is 76.0 Å². The average molecular weight is 502 g/mol. The van der Waals surface area contributed by atoms with Gasteiger partial charge < -0.3 is 0 Å². The number of nitrogens with zero attached hydrogens (tertiary/aromatic N) is 2. The minimum Gasteiger partial charge on any atom is -0.271 e. The maximum absolute atomic E-state index is 13.2. The van der Waals surface area contributed by atoms with E-state index in [2.05, 4.69) is 10.5 Å². The van der Waals surface area contributed by atoms with Crippen molar-refractivity contribution in [2.45, 2.75) is 11.1 Å². The summed E-state index contributed by atoms with van der Waals surface area (Å²) < 4.78 is 66.7. The number of hydrogen-bond acceptors (Lipinski definition) is 5. The molecule has 168 valence electrons. The third-order valence-electron chi connectivity index (χ3n) is 4.08. The number of carbonyl (C=O) groups is 1. The van der Waals surface area contributed by atoms with Gasteiger partial charge in [-0.3, -0.25) is 9.10 Å². The van der Waals surface area contributed by atoms with Crippen molar-refractivity contribution in [3.05, 3.63) is 81.5 Å². The van der Waals surface area contributed by atoms with Gasteiger partial charge in [-0.25, -0.2) is 13.8 Å². The minimum atomic E-state index is -4.74. The first kappa shape index (κ1) is 23.8. The summed E-state index contributed by atoms with van der Waals surface area (Å²) in [5.41, 5.74) is 0.581. The number of alkyl halides is 3.